The zero-order valence-corrected chi connectivity index (χ0v) is 14.7. The van der Waals surface area contributed by atoms with Crippen LogP contribution in [0.15, 0.2) is 66.9 Å². The summed E-state index contributed by atoms with van der Waals surface area (Å²) in [6.07, 6.45) is 3.64. The highest BCUT2D eigenvalue weighted by molar-refractivity contribution is 5.93. The van der Waals surface area contributed by atoms with E-state index < -0.39 is 11.6 Å². The number of anilines is 1. The van der Waals surface area contributed by atoms with Gasteiger partial charge in [-0.3, -0.25) is 4.79 Å². The van der Waals surface area contributed by atoms with Crippen molar-refractivity contribution in [2.24, 2.45) is 5.92 Å². The Morgan fingerprint density at radius 1 is 1.00 bits per heavy atom. The molecule has 0 spiro atoms. The molecular formula is C22H20F2N2O. The van der Waals surface area contributed by atoms with Crippen molar-refractivity contribution in [2.75, 3.05) is 5.32 Å². The van der Waals surface area contributed by atoms with Gasteiger partial charge in [-0.2, -0.15) is 0 Å². The second-order valence-electron chi connectivity index (χ2n) is 6.88. The molecule has 0 radical (unpaired) electrons. The lowest BCUT2D eigenvalue weighted by atomic mass is 9.81. The van der Waals surface area contributed by atoms with Crippen LogP contribution in [0.2, 0.25) is 0 Å². The number of nitrogens with one attached hydrogen (secondary N) is 1. The Morgan fingerprint density at radius 2 is 1.81 bits per heavy atom. The number of hydrogen-bond donors (Lipinski definition) is 1. The third kappa shape index (κ3) is 3.50. The molecule has 2 aromatic carbocycles. The van der Waals surface area contributed by atoms with Crippen LogP contribution >= 0.6 is 0 Å². The second-order valence-corrected chi connectivity index (χ2v) is 6.88. The van der Waals surface area contributed by atoms with E-state index in [-0.39, 0.29) is 23.4 Å². The summed E-state index contributed by atoms with van der Waals surface area (Å²) < 4.78 is 28.9. The predicted molar refractivity (Wildman–Crippen MR) is 100 cm³/mol. The van der Waals surface area contributed by atoms with Crippen molar-refractivity contribution in [1.82, 2.24) is 4.57 Å². The van der Waals surface area contributed by atoms with E-state index in [1.165, 1.54) is 6.07 Å². The number of aryl methyl sites for hydroxylation is 1. The number of nitrogens with zero attached hydrogens (tertiary/aromatic N) is 1. The molecule has 0 bridgehead atoms. The second kappa shape index (κ2) is 7.35. The first-order valence-electron chi connectivity index (χ1n) is 9.09. The monoisotopic (exact) mass is 366 g/mol. The molecule has 1 aliphatic heterocycles. The molecular weight excluding hydrogens is 346 g/mol. The number of halogens is 2. The highest BCUT2D eigenvalue weighted by Crippen LogP contribution is 2.38. The highest BCUT2D eigenvalue weighted by Gasteiger charge is 2.34. The Morgan fingerprint density at radius 3 is 2.59 bits per heavy atom. The first-order valence-corrected chi connectivity index (χ1v) is 9.09. The van der Waals surface area contributed by atoms with Gasteiger partial charge in [0.15, 0.2) is 11.6 Å². The van der Waals surface area contributed by atoms with Crippen molar-refractivity contribution in [3.05, 3.63) is 89.8 Å². The minimum absolute atomic E-state index is 0.0889. The lowest BCUT2D eigenvalue weighted by molar-refractivity contribution is -0.120. The van der Waals surface area contributed by atoms with Gasteiger partial charge in [0.2, 0.25) is 5.91 Å². The average Bonchev–Trinajstić information content (AvgIpc) is 3.05. The minimum atomic E-state index is -0.970. The molecule has 1 aliphatic rings. The van der Waals surface area contributed by atoms with Crippen LogP contribution in [0.4, 0.5) is 14.5 Å². The van der Waals surface area contributed by atoms with Gasteiger partial charge < -0.3 is 9.88 Å². The van der Waals surface area contributed by atoms with Crippen molar-refractivity contribution in [3.63, 3.8) is 0 Å². The summed E-state index contributed by atoms with van der Waals surface area (Å²) in [7, 11) is 0. The fourth-order valence-corrected chi connectivity index (χ4v) is 3.92. The molecule has 138 valence electrons. The maximum absolute atomic E-state index is 13.5. The molecule has 5 heteroatoms. The normalized spacial score (nSPS) is 19.2. The SMILES string of the molecule is O=C(Nc1ccc(F)c(F)c1)[C@H]1CCCn2cccc2C1c1ccccc1. The minimum Gasteiger partial charge on any atom is -0.351 e. The molecule has 0 saturated carbocycles. The Balaban J connectivity index is 1.68. The largest absolute Gasteiger partial charge is 0.351 e. The molecule has 3 aromatic rings. The molecule has 1 N–H and O–H groups in total. The topological polar surface area (TPSA) is 34.0 Å². The Hall–Kier alpha value is -2.95. The maximum Gasteiger partial charge on any atom is 0.228 e. The van der Waals surface area contributed by atoms with Crippen molar-refractivity contribution in [2.45, 2.75) is 25.3 Å². The summed E-state index contributed by atoms with van der Waals surface area (Å²) in [6.45, 7) is 0.862. The molecule has 2 heterocycles. The first kappa shape index (κ1) is 17.5. The molecule has 0 fully saturated rings. The van der Waals surface area contributed by atoms with E-state index in [2.05, 4.69) is 16.0 Å². The summed E-state index contributed by atoms with van der Waals surface area (Å²) in [5.74, 6) is -2.46. The fourth-order valence-electron chi connectivity index (χ4n) is 3.92. The first-order chi connectivity index (χ1) is 13.1. The van der Waals surface area contributed by atoms with E-state index in [4.69, 9.17) is 0 Å². The van der Waals surface area contributed by atoms with Crippen LogP contribution in [0.5, 0.6) is 0 Å². The summed E-state index contributed by atoms with van der Waals surface area (Å²) in [6, 6.07) is 17.4. The Kier molecular flexibility index (Phi) is 4.75. The summed E-state index contributed by atoms with van der Waals surface area (Å²) in [5, 5.41) is 2.78. The van der Waals surface area contributed by atoms with E-state index in [1.807, 2.05) is 42.6 Å². The summed E-state index contributed by atoms with van der Waals surface area (Å²) in [4.78, 5) is 13.1. The van der Waals surface area contributed by atoms with Crippen molar-refractivity contribution >= 4 is 11.6 Å². The van der Waals surface area contributed by atoms with Gasteiger partial charge in [-0.05, 0) is 42.7 Å². The van der Waals surface area contributed by atoms with E-state index in [0.717, 1.165) is 42.8 Å². The fraction of sp³-hybridized carbons (Fsp3) is 0.227. The predicted octanol–water partition coefficient (Wildman–Crippen LogP) is 4.95. The van der Waals surface area contributed by atoms with Gasteiger partial charge in [0, 0.05) is 36.1 Å². The molecule has 2 atom stereocenters. The number of amides is 1. The lowest BCUT2D eigenvalue weighted by Crippen LogP contribution is -2.28. The van der Waals surface area contributed by atoms with E-state index in [1.54, 1.807) is 0 Å². The number of aromatic nitrogens is 1. The van der Waals surface area contributed by atoms with Gasteiger partial charge in [0.05, 0.1) is 5.92 Å². The van der Waals surface area contributed by atoms with Gasteiger partial charge in [-0.1, -0.05) is 30.3 Å². The van der Waals surface area contributed by atoms with Gasteiger partial charge >= 0.3 is 0 Å². The van der Waals surface area contributed by atoms with Crippen LogP contribution in [0.3, 0.4) is 0 Å². The molecule has 3 nitrogen and oxygen atoms in total. The molecule has 4 rings (SSSR count). The van der Waals surface area contributed by atoms with Crippen molar-refractivity contribution < 1.29 is 13.6 Å². The number of carbonyl (C=O) groups is 1. The third-order valence-corrected chi connectivity index (χ3v) is 5.18. The average molecular weight is 366 g/mol. The van der Waals surface area contributed by atoms with Crippen LogP contribution in [-0.2, 0) is 11.3 Å². The summed E-state index contributed by atoms with van der Waals surface area (Å²) in [5.41, 5.74) is 2.44. The zero-order chi connectivity index (χ0) is 18.8. The molecule has 1 unspecified atom stereocenters. The van der Waals surface area contributed by atoms with E-state index in [9.17, 15) is 13.6 Å². The summed E-state index contributed by atoms with van der Waals surface area (Å²) >= 11 is 0. The third-order valence-electron chi connectivity index (χ3n) is 5.18. The van der Waals surface area contributed by atoms with Gasteiger partial charge in [0.1, 0.15) is 0 Å². The zero-order valence-electron chi connectivity index (χ0n) is 14.7. The maximum atomic E-state index is 13.5. The Bertz CT molecular complexity index is 952. The standard InChI is InChI=1S/C22H20F2N2O/c23-18-11-10-16(14-19(18)24)25-22(27)17-8-4-12-26-13-5-9-20(26)21(17)15-6-2-1-3-7-15/h1-3,5-7,9-11,13-14,17,21H,4,8,12H2,(H,25,27)/t17-,21?/m0/s1. The van der Waals surface area contributed by atoms with Crippen molar-refractivity contribution in [3.8, 4) is 0 Å². The highest BCUT2D eigenvalue weighted by atomic mass is 19.2. The number of benzene rings is 2. The van der Waals surface area contributed by atoms with E-state index in [0.29, 0.717) is 0 Å². The quantitative estimate of drug-likeness (QED) is 0.699. The van der Waals surface area contributed by atoms with Gasteiger partial charge in [-0.15, -0.1) is 0 Å². The lowest BCUT2D eigenvalue weighted by Gasteiger charge is -2.25. The number of fused-ring (bicyclic) bond motifs is 1. The van der Waals surface area contributed by atoms with Crippen LogP contribution in [-0.4, -0.2) is 10.5 Å². The van der Waals surface area contributed by atoms with Crippen LogP contribution < -0.4 is 5.32 Å². The number of rotatable bonds is 3. The smallest absolute Gasteiger partial charge is 0.228 e. The van der Waals surface area contributed by atoms with E-state index >= 15 is 0 Å². The van der Waals surface area contributed by atoms with Crippen molar-refractivity contribution in [1.29, 1.82) is 0 Å². The number of carbonyl (C=O) groups excluding carboxylic acids is 1. The van der Waals surface area contributed by atoms with Gasteiger partial charge in [-0.25, -0.2) is 8.78 Å². The molecule has 0 aliphatic carbocycles. The molecule has 0 saturated heterocycles. The number of hydrogen-bond acceptors (Lipinski definition) is 1. The molecule has 1 aromatic heterocycles. The van der Waals surface area contributed by atoms with Gasteiger partial charge in [0.25, 0.3) is 0 Å². The molecule has 1 amide bonds. The van der Waals surface area contributed by atoms with Crippen LogP contribution in [0.25, 0.3) is 0 Å². The van der Waals surface area contributed by atoms with Crippen LogP contribution in [0.1, 0.15) is 30.0 Å². The molecule has 27 heavy (non-hydrogen) atoms. The Labute approximate surface area is 156 Å². The van der Waals surface area contributed by atoms with Crippen LogP contribution in [0, 0.1) is 17.6 Å².